The van der Waals surface area contributed by atoms with Gasteiger partial charge in [0, 0.05) is 24.1 Å². The number of hydrogen-bond acceptors (Lipinski definition) is 5. The van der Waals surface area contributed by atoms with E-state index in [2.05, 4.69) is 46.5 Å². The van der Waals surface area contributed by atoms with Crippen LogP contribution in [-0.2, 0) is 18.4 Å². The van der Waals surface area contributed by atoms with Crippen LogP contribution >= 0.6 is 0 Å². The third kappa shape index (κ3) is 5.61. The molecule has 0 fully saturated rings. The van der Waals surface area contributed by atoms with E-state index in [4.69, 9.17) is 8.94 Å². The van der Waals surface area contributed by atoms with E-state index in [9.17, 15) is 0 Å². The minimum absolute atomic E-state index is 0.0457. The van der Waals surface area contributed by atoms with E-state index in [0.29, 0.717) is 12.4 Å². The topological polar surface area (TPSA) is 88.5 Å². The highest BCUT2D eigenvalue weighted by Crippen LogP contribution is 2.22. The van der Waals surface area contributed by atoms with Crippen molar-refractivity contribution < 1.29 is 8.94 Å². The van der Waals surface area contributed by atoms with Gasteiger partial charge < -0.3 is 19.6 Å². The van der Waals surface area contributed by atoms with Gasteiger partial charge in [0.05, 0.1) is 11.9 Å². The monoisotopic (exact) mass is 361 g/mol. The summed E-state index contributed by atoms with van der Waals surface area (Å²) in [6.07, 6.45) is 3.69. The van der Waals surface area contributed by atoms with Crippen LogP contribution in [-0.4, -0.2) is 29.2 Å². The number of aliphatic imine (C=N–C) groups is 1. The number of oxazole rings is 1. The fraction of sp³-hybridized carbons (Fsp3) is 0.632. The molecule has 0 aliphatic carbocycles. The normalized spacial score (nSPS) is 12.5. The summed E-state index contributed by atoms with van der Waals surface area (Å²) in [6.45, 7) is 14.3. The van der Waals surface area contributed by atoms with Crippen LogP contribution in [0.5, 0.6) is 0 Å². The van der Waals surface area contributed by atoms with Gasteiger partial charge in [-0.15, -0.1) is 0 Å². The Morgan fingerprint density at radius 2 is 2.00 bits per heavy atom. The van der Waals surface area contributed by atoms with Crippen LogP contribution in [0.15, 0.2) is 20.1 Å². The molecule has 144 valence electrons. The molecule has 0 saturated carbocycles. The first-order valence-corrected chi connectivity index (χ1v) is 9.20. The van der Waals surface area contributed by atoms with Gasteiger partial charge in [-0.3, -0.25) is 0 Å². The minimum Gasteiger partial charge on any atom is -0.443 e. The number of nitrogens with one attached hydrogen (secondary N) is 2. The minimum atomic E-state index is -0.0457. The van der Waals surface area contributed by atoms with Crippen molar-refractivity contribution >= 4 is 5.96 Å². The SMILES string of the molecule is CCNC(=NCc1ncc(C(C)(C)C)o1)NCCCc1c(C)noc1C. The Hall–Kier alpha value is -2.31. The molecule has 2 N–H and O–H groups in total. The van der Waals surface area contributed by atoms with Crippen molar-refractivity contribution in [3.05, 3.63) is 34.9 Å². The molecule has 0 aliphatic heterocycles. The smallest absolute Gasteiger partial charge is 0.216 e. The van der Waals surface area contributed by atoms with E-state index in [1.807, 2.05) is 20.8 Å². The molecule has 0 amide bonds. The van der Waals surface area contributed by atoms with Crippen molar-refractivity contribution in [3.8, 4) is 0 Å². The Kier molecular flexibility index (Phi) is 6.83. The van der Waals surface area contributed by atoms with Crippen LogP contribution in [0.25, 0.3) is 0 Å². The maximum Gasteiger partial charge on any atom is 0.216 e. The molecule has 0 radical (unpaired) electrons. The first kappa shape index (κ1) is 20.0. The molecule has 0 spiro atoms. The van der Waals surface area contributed by atoms with Gasteiger partial charge in [0.1, 0.15) is 18.1 Å². The average molecular weight is 361 g/mol. The first-order valence-electron chi connectivity index (χ1n) is 9.20. The molecule has 2 rings (SSSR count). The lowest BCUT2D eigenvalue weighted by Gasteiger charge is -2.13. The molecule has 26 heavy (non-hydrogen) atoms. The third-order valence-electron chi connectivity index (χ3n) is 4.09. The van der Waals surface area contributed by atoms with Crippen LogP contribution in [0.1, 0.15) is 62.8 Å². The predicted molar refractivity (Wildman–Crippen MR) is 102 cm³/mol. The van der Waals surface area contributed by atoms with Crippen molar-refractivity contribution in [3.63, 3.8) is 0 Å². The summed E-state index contributed by atoms with van der Waals surface area (Å²) >= 11 is 0. The number of aromatic nitrogens is 2. The van der Waals surface area contributed by atoms with Crippen LogP contribution in [0.3, 0.4) is 0 Å². The molecule has 2 aromatic rings. The number of hydrogen-bond donors (Lipinski definition) is 2. The summed E-state index contributed by atoms with van der Waals surface area (Å²) in [6, 6.07) is 0. The summed E-state index contributed by atoms with van der Waals surface area (Å²) in [4.78, 5) is 8.87. The zero-order valence-electron chi connectivity index (χ0n) is 16.8. The highest BCUT2D eigenvalue weighted by Gasteiger charge is 2.19. The number of guanidine groups is 1. The van der Waals surface area contributed by atoms with Crippen LogP contribution in [0, 0.1) is 13.8 Å². The molecule has 2 heterocycles. The second-order valence-electron chi connectivity index (χ2n) is 7.40. The molecule has 2 aromatic heterocycles. The van der Waals surface area contributed by atoms with E-state index in [1.165, 1.54) is 5.56 Å². The lowest BCUT2D eigenvalue weighted by molar-refractivity contribution is 0.383. The van der Waals surface area contributed by atoms with E-state index in [0.717, 1.165) is 49.1 Å². The van der Waals surface area contributed by atoms with Crippen molar-refractivity contribution in [2.75, 3.05) is 13.1 Å². The Morgan fingerprint density at radius 3 is 2.58 bits per heavy atom. The average Bonchev–Trinajstić information content (AvgIpc) is 3.17. The quantitative estimate of drug-likeness (QED) is 0.447. The Labute approximate surface area is 155 Å². The lowest BCUT2D eigenvalue weighted by atomic mass is 9.94. The van der Waals surface area contributed by atoms with E-state index < -0.39 is 0 Å². The third-order valence-corrected chi connectivity index (χ3v) is 4.09. The van der Waals surface area contributed by atoms with Gasteiger partial charge in [-0.25, -0.2) is 9.98 Å². The fourth-order valence-electron chi connectivity index (χ4n) is 2.55. The molecule has 0 bridgehead atoms. The number of aryl methyl sites for hydroxylation is 2. The number of rotatable bonds is 7. The molecule has 0 atom stereocenters. The van der Waals surface area contributed by atoms with E-state index in [1.54, 1.807) is 6.20 Å². The molecule has 0 saturated heterocycles. The highest BCUT2D eigenvalue weighted by atomic mass is 16.5. The summed E-state index contributed by atoms with van der Waals surface area (Å²) in [5.41, 5.74) is 2.13. The van der Waals surface area contributed by atoms with Gasteiger partial charge in [0.25, 0.3) is 0 Å². The highest BCUT2D eigenvalue weighted by molar-refractivity contribution is 5.79. The predicted octanol–water partition coefficient (Wildman–Crippen LogP) is 3.26. The van der Waals surface area contributed by atoms with E-state index in [-0.39, 0.29) is 5.41 Å². The van der Waals surface area contributed by atoms with Crippen LogP contribution in [0.4, 0.5) is 0 Å². The Morgan fingerprint density at radius 1 is 1.23 bits per heavy atom. The maximum absolute atomic E-state index is 5.79. The van der Waals surface area contributed by atoms with Gasteiger partial charge in [-0.1, -0.05) is 25.9 Å². The molecular weight excluding hydrogens is 330 g/mol. The summed E-state index contributed by atoms with van der Waals surface area (Å²) in [5.74, 6) is 3.17. The molecule has 7 heteroatoms. The van der Waals surface area contributed by atoms with Crippen molar-refractivity contribution in [1.82, 2.24) is 20.8 Å². The zero-order valence-corrected chi connectivity index (χ0v) is 16.8. The fourth-order valence-corrected chi connectivity index (χ4v) is 2.55. The van der Waals surface area contributed by atoms with Gasteiger partial charge in [0.15, 0.2) is 5.96 Å². The standard InChI is InChI=1S/C19H31N5O2/c1-7-20-18(21-10-8-9-15-13(2)24-26-14(15)3)23-12-17-22-11-16(25-17)19(4,5)6/h11H,7-10,12H2,1-6H3,(H2,20,21,23). The lowest BCUT2D eigenvalue weighted by Crippen LogP contribution is -2.37. The zero-order chi connectivity index (χ0) is 19.2. The van der Waals surface area contributed by atoms with Crippen LogP contribution < -0.4 is 10.6 Å². The van der Waals surface area contributed by atoms with E-state index >= 15 is 0 Å². The molecule has 7 nitrogen and oxygen atoms in total. The Bertz CT molecular complexity index is 705. The second kappa shape index (κ2) is 8.87. The molecule has 0 aliphatic rings. The molecule has 0 unspecified atom stereocenters. The number of nitrogens with zero attached hydrogens (tertiary/aromatic N) is 3. The van der Waals surface area contributed by atoms with Crippen LogP contribution in [0.2, 0.25) is 0 Å². The summed E-state index contributed by atoms with van der Waals surface area (Å²) < 4.78 is 11.0. The van der Waals surface area contributed by atoms with Gasteiger partial charge >= 0.3 is 0 Å². The van der Waals surface area contributed by atoms with Gasteiger partial charge in [-0.05, 0) is 33.6 Å². The second-order valence-corrected chi connectivity index (χ2v) is 7.40. The Balaban J connectivity index is 1.85. The van der Waals surface area contributed by atoms with Gasteiger partial charge in [0.2, 0.25) is 5.89 Å². The van der Waals surface area contributed by atoms with Crippen molar-refractivity contribution in [2.24, 2.45) is 4.99 Å². The summed E-state index contributed by atoms with van der Waals surface area (Å²) in [5, 5.41) is 10.6. The van der Waals surface area contributed by atoms with Gasteiger partial charge in [-0.2, -0.15) is 0 Å². The van der Waals surface area contributed by atoms with Crippen molar-refractivity contribution in [1.29, 1.82) is 0 Å². The molecule has 0 aromatic carbocycles. The largest absolute Gasteiger partial charge is 0.443 e. The summed E-state index contributed by atoms with van der Waals surface area (Å²) in [7, 11) is 0. The van der Waals surface area contributed by atoms with Crippen molar-refractivity contribution in [2.45, 2.75) is 66.3 Å². The first-order chi connectivity index (χ1) is 12.3. The maximum atomic E-state index is 5.79. The molecular formula is C19H31N5O2.